The summed E-state index contributed by atoms with van der Waals surface area (Å²) in [6.45, 7) is 1.96. The lowest BCUT2D eigenvalue weighted by atomic mass is 10.1. The molecule has 18 heavy (non-hydrogen) atoms. The van der Waals surface area contributed by atoms with Crippen molar-refractivity contribution in [3.8, 4) is 6.07 Å². The van der Waals surface area contributed by atoms with Gasteiger partial charge in [0.2, 0.25) is 0 Å². The Hall–Kier alpha value is -2.35. The minimum absolute atomic E-state index is 0.253. The second-order valence-electron chi connectivity index (χ2n) is 4.13. The summed E-state index contributed by atoms with van der Waals surface area (Å²) in [6.07, 6.45) is 1.45. The predicted molar refractivity (Wildman–Crippen MR) is 65.9 cm³/mol. The lowest BCUT2D eigenvalue weighted by Crippen LogP contribution is -2.31. The van der Waals surface area contributed by atoms with Crippen LogP contribution in [0.2, 0.25) is 0 Å². The second-order valence-corrected chi connectivity index (χ2v) is 4.13. The number of urea groups is 1. The molecule has 0 aliphatic carbocycles. The smallest absolute Gasteiger partial charge is 0.325 e. The molecule has 1 saturated heterocycles. The summed E-state index contributed by atoms with van der Waals surface area (Å²) in [6, 6.07) is 7.58. The van der Waals surface area contributed by atoms with Gasteiger partial charge in [0.1, 0.15) is 6.04 Å². The number of anilines is 1. The average molecular weight is 243 g/mol. The fourth-order valence-electron chi connectivity index (χ4n) is 1.97. The maximum absolute atomic E-state index is 12.1. The van der Waals surface area contributed by atoms with Gasteiger partial charge in [-0.3, -0.25) is 4.79 Å². The number of carbonyl (C=O) groups is 2. The lowest BCUT2D eigenvalue weighted by molar-refractivity contribution is -0.118. The molecule has 92 valence electrons. The number of nitriles is 1. The molecular weight excluding hydrogens is 230 g/mol. The minimum Gasteiger partial charge on any atom is -0.325 e. The Morgan fingerprint density at radius 2 is 2.22 bits per heavy atom. The molecule has 2 rings (SSSR count). The number of imide groups is 1. The molecule has 3 amide bonds. The van der Waals surface area contributed by atoms with Crippen molar-refractivity contribution in [2.45, 2.75) is 25.8 Å². The largest absolute Gasteiger partial charge is 0.329 e. The molecular formula is C13H13N3O2. The summed E-state index contributed by atoms with van der Waals surface area (Å²) in [4.78, 5) is 24.9. The maximum Gasteiger partial charge on any atom is 0.329 e. The monoisotopic (exact) mass is 243 g/mol. The highest BCUT2D eigenvalue weighted by Crippen LogP contribution is 2.21. The van der Waals surface area contributed by atoms with E-state index >= 15 is 0 Å². The van der Waals surface area contributed by atoms with Crippen LogP contribution >= 0.6 is 0 Å². The van der Waals surface area contributed by atoms with Crippen LogP contribution in [0.25, 0.3) is 0 Å². The lowest BCUT2D eigenvalue weighted by Gasteiger charge is -2.12. The van der Waals surface area contributed by atoms with Gasteiger partial charge in [0, 0.05) is 0 Å². The van der Waals surface area contributed by atoms with Gasteiger partial charge >= 0.3 is 6.03 Å². The zero-order valence-electron chi connectivity index (χ0n) is 10.0. The average Bonchev–Trinajstić information content (AvgIpc) is 2.65. The molecule has 0 spiro atoms. The third kappa shape index (κ3) is 2.05. The summed E-state index contributed by atoms with van der Waals surface area (Å²) in [5.41, 5.74) is 0.863. The number of benzene rings is 1. The third-order valence-corrected chi connectivity index (χ3v) is 2.83. The van der Waals surface area contributed by atoms with Crippen molar-refractivity contribution in [2.24, 2.45) is 0 Å². The van der Waals surface area contributed by atoms with Gasteiger partial charge in [0.15, 0.2) is 0 Å². The van der Waals surface area contributed by atoms with Crippen LogP contribution in [-0.4, -0.2) is 18.0 Å². The van der Waals surface area contributed by atoms with Gasteiger partial charge in [0.05, 0.1) is 17.3 Å². The second kappa shape index (κ2) is 4.88. The van der Waals surface area contributed by atoms with E-state index in [0.29, 0.717) is 17.7 Å². The molecule has 0 bridgehead atoms. The Morgan fingerprint density at radius 1 is 1.44 bits per heavy atom. The van der Waals surface area contributed by atoms with Gasteiger partial charge in [-0.25, -0.2) is 9.69 Å². The van der Waals surface area contributed by atoms with E-state index in [1.807, 2.05) is 13.0 Å². The Labute approximate surface area is 105 Å². The van der Waals surface area contributed by atoms with Crippen LogP contribution in [0.4, 0.5) is 10.5 Å². The highest BCUT2D eigenvalue weighted by molar-refractivity contribution is 6.21. The number of amides is 3. The Balaban J connectivity index is 2.30. The molecule has 1 aliphatic rings. The summed E-state index contributed by atoms with van der Waals surface area (Å²) < 4.78 is 0. The molecule has 1 aromatic rings. The first-order chi connectivity index (χ1) is 8.67. The number of carbonyl (C=O) groups excluding carboxylic acids is 2. The summed E-state index contributed by atoms with van der Waals surface area (Å²) in [5, 5.41) is 11.5. The standard InChI is InChI=1S/C13H13N3O2/c1-2-4-11-12(17)16(13(18)15-11)10-6-3-5-9(7-10)8-14/h3,5-7,11H,2,4H2,1H3,(H,15,18). The molecule has 1 fully saturated rings. The first kappa shape index (κ1) is 12.1. The van der Waals surface area contributed by atoms with Crippen molar-refractivity contribution in [1.29, 1.82) is 5.26 Å². The van der Waals surface area contributed by atoms with E-state index < -0.39 is 12.1 Å². The van der Waals surface area contributed by atoms with Gasteiger partial charge in [-0.1, -0.05) is 19.4 Å². The summed E-state index contributed by atoms with van der Waals surface area (Å²) in [5.74, 6) is -0.253. The van der Waals surface area contributed by atoms with Gasteiger partial charge in [-0.2, -0.15) is 5.26 Å². The van der Waals surface area contributed by atoms with Crippen LogP contribution in [0.5, 0.6) is 0 Å². The van der Waals surface area contributed by atoms with Crippen molar-refractivity contribution >= 4 is 17.6 Å². The minimum atomic E-state index is -0.451. The number of rotatable bonds is 3. The SMILES string of the molecule is CCCC1NC(=O)N(c2cccc(C#N)c2)C1=O. The highest BCUT2D eigenvalue weighted by atomic mass is 16.2. The van der Waals surface area contributed by atoms with Crippen LogP contribution in [-0.2, 0) is 4.79 Å². The quantitative estimate of drug-likeness (QED) is 0.822. The maximum atomic E-state index is 12.1. The van der Waals surface area contributed by atoms with Crippen LogP contribution in [0.3, 0.4) is 0 Å². The van der Waals surface area contributed by atoms with Gasteiger partial charge < -0.3 is 5.32 Å². The molecule has 5 heteroatoms. The van der Waals surface area contributed by atoms with E-state index in [4.69, 9.17) is 5.26 Å². The molecule has 1 unspecified atom stereocenters. The normalized spacial score (nSPS) is 18.7. The van der Waals surface area contributed by atoms with E-state index in [0.717, 1.165) is 11.3 Å². The Bertz CT molecular complexity index is 533. The van der Waals surface area contributed by atoms with Gasteiger partial charge in [-0.05, 0) is 24.6 Å². The molecule has 0 saturated carbocycles. The number of hydrogen-bond acceptors (Lipinski definition) is 3. The van der Waals surface area contributed by atoms with E-state index in [1.54, 1.807) is 18.2 Å². The molecule has 0 radical (unpaired) electrons. The van der Waals surface area contributed by atoms with E-state index in [-0.39, 0.29) is 5.91 Å². The fraction of sp³-hybridized carbons (Fsp3) is 0.308. The Kier molecular flexibility index (Phi) is 3.28. The van der Waals surface area contributed by atoms with Crippen molar-refractivity contribution in [1.82, 2.24) is 5.32 Å². The van der Waals surface area contributed by atoms with Gasteiger partial charge in [0.25, 0.3) is 5.91 Å². The van der Waals surface area contributed by atoms with Crippen LogP contribution in [0.15, 0.2) is 24.3 Å². The van der Waals surface area contributed by atoms with Crippen LogP contribution < -0.4 is 10.2 Å². The molecule has 1 atom stereocenters. The van der Waals surface area contributed by atoms with E-state index in [9.17, 15) is 9.59 Å². The predicted octanol–water partition coefficient (Wildman–Crippen LogP) is 1.78. The first-order valence-electron chi connectivity index (χ1n) is 5.82. The number of nitrogens with one attached hydrogen (secondary N) is 1. The molecule has 1 aliphatic heterocycles. The summed E-state index contributed by atoms with van der Waals surface area (Å²) >= 11 is 0. The topological polar surface area (TPSA) is 73.2 Å². The fourth-order valence-corrected chi connectivity index (χ4v) is 1.97. The summed E-state index contributed by atoms with van der Waals surface area (Å²) in [7, 11) is 0. The van der Waals surface area contributed by atoms with Crippen molar-refractivity contribution in [3.63, 3.8) is 0 Å². The van der Waals surface area contributed by atoms with Crippen LogP contribution in [0.1, 0.15) is 25.3 Å². The van der Waals surface area contributed by atoms with Crippen molar-refractivity contribution < 1.29 is 9.59 Å². The van der Waals surface area contributed by atoms with E-state index in [1.165, 1.54) is 6.07 Å². The Morgan fingerprint density at radius 3 is 2.89 bits per heavy atom. The first-order valence-corrected chi connectivity index (χ1v) is 5.82. The zero-order valence-corrected chi connectivity index (χ0v) is 10.0. The van der Waals surface area contributed by atoms with Crippen molar-refractivity contribution in [3.05, 3.63) is 29.8 Å². The van der Waals surface area contributed by atoms with Gasteiger partial charge in [-0.15, -0.1) is 0 Å². The number of nitrogens with zero attached hydrogens (tertiary/aromatic N) is 2. The van der Waals surface area contributed by atoms with Crippen LogP contribution in [0, 0.1) is 11.3 Å². The molecule has 0 aromatic heterocycles. The molecule has 5 nitrogen and oxygen atoms in total. The molecule has 1 heterocycles. The van der Waals surface area contributed by atoms with E-state index in [2.05, 4.69) is 5.32 Å². The molecule has 1 N–H and O–H groups in total. The third-order valence-electron chi connectivity index (χ3n) is 2.83. The number of hydrogen-bond donors (Lipinski definition) is 1. The zero-order chi connectivity index (χ0) is 13.1. The van der Waals surface area contributed by atoms with Crippen molar-refractivity contribution in [2.75, 3.05) is 4.90 Å². The highest BCUT2D eigenvalue weighted by Gasteiger charge is 2.38. The molecule has 1 aromatic carbocycles.